The second-order valence-corrected chi connectivity index (χ2v) is 6.73. The molecule has 1 heterocycles. The van der Waals surface area contributed by atoms with Crippen LogP contribution in [-0.4, -0.2) is 43.0 Å². The van der Waals surface area contributed by atoms with Gasteiger partial charge in [0.1, 0.15) is 0 Å². The highest BCUT2D eigenvalue weighted by Gasteiger charge is 2.20. The lowest BCUT2D eigenvalue weighted by molar-refractivity contribution is -0.121. The summed E-state index contributed by atoms with van der Waals surface area (Å²) in [6, 6.07) is 17.5. The van der Waals surface area contributed by atoms with Gasteiger partial charge in [-0.1, -0.05) is 54.1 Å². The third-order valence-electron chi connectivity index (χ3n) is 4.49. The molecule has 0 bridgehead atoms. The molecule has 0 saturated carbocycles. The van der Waals surface area contributed by atoms with Gasteiger partial charge in [-0.3, -0.25) is 4.79 Å². The summed E-state index contributed by atoms with van der Waals surface area (Å²) < 4.78 is 0. The van der Waals surface area contributed by atoms with Crippen molar-refractivity contribution in [2.45, 2.75) is 12.3 Å². The SMILES string of the molecule is O=C(C[C@@H](c1ccccc1)c1cccc(Cl)c1)NCCN1CCNC1=O. The minimum Gasteiger partial charge on any atom is -0.354 e. The summed E-state index contributed by atoms with van der Waals surface area (Å²) in [5.74, 6) is -0.108. The monoisotopic (exact) mass is 371 g/mol. The van der Waals surface area contributed by atoms with Gasteiger partial charge in [0.2, 0.25) is 5.91 Å². The van der Waals surface area contributed by atoms with Crippen molar-refractivity contribution < 1.29 is 9.59 Å². The predicted octanol–water partition coefficient (Wildman–Crippen LogP) is 3.00. The molecule has 1 saturated heterocycles. The summed E-state index contributed by atoms with van der Waals surface area (Å²) in [6.07, 6.45) is 0.330. The quantitative estimate of drug-likeness (QED) is 0.786. The Hall–Kier alpha value is -2.53. The molecular formula is C20H22ClN3O2. The fraction of sp³-hybridized carbons (Fsp3) is 0.300. The second kappa shape index (κ2) is 8.72. The number of rotatable bonds is 7. The van der Waals surface area contributed by atoms with Gasteiger partial charge in [-0.2, -0.15) is 0 Å². The number of carbonyl (C=O) groups excluding carboxylic acids is 2. The molecule has 3 amide bonds. The molecule has 1 atom stereocenters. The molecule has 2 aromatic rings. The molecular weight excluding hydrogens is 350 g/mol. The molecule has 0 spiro atoms. The molecule has 6 heteroatoms. The Morgan fingerprint density at radius 1 is 1.15 bits per heavy atom. The van der Waals surface area contributed by atoms with Crippen molar-refractivity contribution in [2.75, 3.05) is 26.2 Å². The van der Waals surface area contributed by atoms with Gasteiger partial charge in [-0.05, 0) is 23.3 Å². The minimum absolute atomic E-state index is 0.0431. The third kappa shape index (κ3) is 4.76. The van der Waals surface area contributed by atoms with Crippen LogP contribution in [0.15, 0.2) is 54.6 Å². The maximum atomic E-state index is 12.5. The van der Waals surface area contributed by atoms with Gasteiger partial charge < -0.3 is 15.5 Å². The zero-order valence-corrected chi connectivity index (χ0v) is 15.2. The standard InChI is InChI=1S/C20H22ClN3O2/c21-17-8-4-7-16(13-17)18(15-5-2-1-3-6-15)14-19(25)22-9-11-24-12-10-23-20(24)26/h1-8,13,18H,9-12,14H2,(H,22,25)(H,23,26)/t18-/m0/s1. The van der Waals surface area contributed by atoms with Crippen LogP contribution < -0.4 is 10.6 Å². The van der Waals surface area contributed by atoms with E-state index in [4.69, 9.17) is 11.6 Å². The van der Waals surface area contributed by atoms with Gasteiger partial charge >= 0.3 is 6.03 Å². The molecule has 0 unspecified atom stereocenters. The topological polar surface area (TPSA) is 61.4 Å². The van der Waals surface area contributed by atoms with E-state index in [2.05, 4.69) is 10.6 Å². The number of benzene rings is 2. The van der Waals surface area contributed by atoms with Gasteiger partial charge in [-0.15, -0.1) is 0 Å². The largest absolute Gasteiger partial charge is 0.354 e. The van der Waals surface area contributed by atoms with Gasteiger partial charge in [0.15, 0.2) is 0 Å². The molecule has 0 aromatic heterocycles. The Morgan fingerprint density at radius 3 is 2.62 bits per heavy atom. The highest BCUT2D eigenvalue weighted by atomic mass is 35.5. The van der Waals surface area contributed by atoms with Crippen molar-refractivity contribution in [2.24, 2.45) is 0 Å². The van der Waals surface area contributed by atoms with Crippen molar-refractivity contribution in [3.05, 3.63) is 70.7 Å². The molecule has 3 rings (SSSR count). The molecule has 136 valence electrons. The normalized spacial score (nSPS) is 14.8. The Kier molecular flexibility index (Phi) is 6.12. The highest BCUT2D eigenvalue weighted by molar-refractivity contribution is 6.30. The Morgan fingerprint density at radius 2 is 1.92 bits per heavy atom. The Bertz CT molecular complexity index is 767. The van der Waals surface area contributed by atoms with E-state index in [1.807, 2.05) is 54.6 Å². The summed E-state index contributed by atoms with van der Waals surface area (Å²) in [4.78, 5) is 25.7. The first-order valence-corrected chi connectivity index (χ1v) is 9.11. The number of nitrogens with one attached hydrogen (secondary N) is 2. The molecule has 2 N–H and O–H groups in total. The zero-order chi connectivity index (χ0) is 18.4. The van der Waals surface area contributed by atoms with Crippen LogP contribution >= 0.6 is 11.6 Å². The first-order chi connectivity index (χ1) is 12.6. The summed E-state index contributed by atoms with van der Waals surface area (Å²) in [5, 5.41) is 6.33. The van der Waals surface area contributed by atoms with E-state index in [9.17, 15) is 9.59 Å². The van der Waals surface area contributed by atoms with Crippen LogP contribution in [0.5, 0.6) is 0 Å². The lowest BCUT2D eigenvalue weighted by Crippen LogP contribution is -2.37. The maximum Gasteiger partial charge on any atom is 0.317 e. The molecule has 5 nitrogen and oxygen atoms in total. The van der Waals surface area contributed by atoms with Crippen molar-refractivity contribution in [3.8, 4) is 0 Å². The number of urea groups is 1. The van der Waals surface area contributed by atoms with Crippen LogP contribution in [0.25, 0.3) is 0 Å². The summed E-state index contributed by atoms with van der Waals surface area (Å²) in [6.45, 7) is 2.32. The van der Waals surface area contributed by atoms with Gasteiger partial charge in [0.05, 0.1) is 0 Å². The van der Waals surface area contributed by atoms with Gasteiger partial charge in [-0.25, -0.2) is 4.79 Å². The first-order valence-electron chi connectivity index (χ1n) is 8.73. The molecule has 0 radical (unpaired) electrons. The van der Waals surface area contributed by atoms with E-state index < -0.39 is 0 Å². The average Bonchev–Trinajstić information content (AvgIpc) is 3.05. The maximum absolute atomic E-state index is 12.5. The van der Waals surface area contributed by atoms with Crippen LogP contribution in [0, 0.1) is 0 Å². The van der Waals surface area contributed by atoms with E-state index in [-0.39, 0.29) is 17.9 Å². The van der Waals surface area contributed by atoms with Crippen molar-refractivity contribution in [1.29, 1.82) is 0 Å². The van der Waals surface area contributed by atoms with E-state index in [1.54, 1.807) is 4.90 Å². The van der Waals surface area contributed by atoms with Crippen LogP contribution in [0.3, 0.4) is 0 Å². The fourth-order valence-corrected chi connectivity index (χ4v) is 3.35. The van der Waals surface area contributed by atoms with Crippen molar-refractivity contribution >= 4 is 23.5 Å². The second-order valence-electron chi connectivity index (χ2n) is 6.29. The van der Waals surface area contributed by atoms with Crippen molar-refractivity contribution in [3.63, 3.8) is 0 Å². The summed E-state index contributed by atoms with van der Waals surface area (Å²) >= 11 is 6.14. The predicted molar refractivity (Wildman–Crippen MR) is 102 cm³/mol. The number of hydrogen-bond donors (Lipinski definition) is 2. The van der Waals surface area contributed by atoms with Crippen LogP contribution in [0.1, 0.15) is 23.5 Å². The third-order valence-corrected chi connectivity index (χ3v) is 4.73. The molecule has 2 aromatic carbocycles. The Balaban J connectivity index is 1.64. The molecule has 26 heavy (non-hydrogen) atoms. The zero-order valence-electron chi connectivity index (χ0n) is 14.5. The molecule has 1 fully saturated rings. The lowest BCUT2D eigenvalue weighted by Gasteiger charge is -2.19. The number of halogens is 1. The van der Waals surface area contributed by atoms with Crippen molar-refractivity contribution in [1.82, 2.24) is 15.5 Å². The number of nitrogens with zero attached hydrogens (tertiary/aromatic N) is 1. The van der Waals surface area contributed by atoms with Crippen LogP contribution in [-0.2, 0) is 4.79 Å². The van der Waals surface area contributed by atoms with E-state index in [0.29, 0.717) is 37.6 Å². The average molecular weight is 372 g/mol. The number of amides is 3. The van der Waals surface area contributed by atoms with E-state index in [0.717, 1.165) is 11.1 Å². The smallest absolute Gasteiger partial charge is 0.317 e. The Labute approximate surface area is 158 Å². The van der Waals surface area contributed by atoms with Gasteiger partial charge in [0, 0.05) is 43.5 Å². The molecule has 1 aliphatic heterocycles. The molecule has 1 aliphatic rings. The van der Waals surface area contributed by atoms with Crippen LogP contribution in [0.4, 0.5) is 4.79 Å². The summed E-state index contributed by atoms with van der Waals surface area (Å²) in [5.41, 5.74) is 2.08. The van der Waals surface area contributed by atoms with Crippen LogP contribution in [0.2, 0.25) is 5.02 Å². The highest BCUT2D eigenvalue weighted by Crippen LogP contribution is 2.29. The summed E-state index contributed by atoms with van der Waals surface area (Å²) in [7, 11) is 0. The lowest BCUT2D eigenvalue weighted by atomic mass is 9.88. The van der Waals surface area contributed by atoms with Gasteiger partial charge in [0.25, 0.3) is 0 Å². The number of hydrogen-bond acceptors (Lipinski definition) is 2. The van der Waals surface area contributed by atoms with E-state index >= 15 is 0 Å². The fourth-order valence-electron chi connectivity index (χ4n) is 3.15. The first kappa shape index (κ1) is 18.3. The van der Waals surface area contributed by atoms with E-state index in [1.165, 1.54) is 0 Å². The molecule has 0 aliphatic carbocycles. The minimum atomic E-state index is -0.0691. The number of carbonyl (C=O) groups is 2.